The zero-order chi connectivity index (χ0) is 20.1. The first kappa shape index (κ1) is 22.5. The van der Waals surface area contributed by atoms with Crippen LogP contribution in [-0.2, 0) is 11.0 Å². The van der Waals surface area contributed by atoms with Crippen LogP contribution in [0.4, 0.5) is 23.2 Å². The van der Waals surface area contributed by atoms with Crippen molar-refractivity contribution in [3.8, 4) is 0 Å². The summed E-state index contributed by atoms with van der Waals surface area (Å²) in [6.45, 7) is 10.0. The number of hydrogen-bond donors (Lipinski definition) is 1. The number of anilines is 1. The van der Waals surface area contributed by atoms with Gasteiger partial charge in [-0.1, -0.05) is 34.6 Å². The number of fused-ring (bicyclic) bond motifs is 2. The number of carbonyl (C=O) groups excluding carboxylic acids is 1. The lowest BCUT2D eigenvalue weighted by Gasteiger charge is -2.27. The monoisotopic (exact) mass is 375 g/mol. The molecule has 1 aromatic rings. The standard InChI is InChI=1S/C16H17F4NO.2C2H6/c1-8-9-2-3-10(6-9)14(8)15(22)21-11-4-5-13(17)12(7-11)16(18,19)20;2*1-2/h4-5,7-10,14H,2-3,6H2,1H3,(H,21,22);2*1-2H3/t8?,9-,10?,14?;;/m0../s1. The highest BCUT2D eigenvalue weighted by Crippen LogP contribution is 2.52. The Kier molecular flexibility index (Phi) is 8.10. The molecule has 1 aromatic carbocycles. The van der Waals surface area contributed by atoms with Gasteiger partial charge in [0.1, 0.15) is 5.82 Å². The second kappa shape index (κ2) is 9.38. The molecule has 0 aromatic heterocycles. The minimum Gasteiger partial charge on any atom is -0.326 e. The van der Waals surface area contributed by atoms with Gasteiger partial charge in [0.15, 0.2) is 0 Å². The molecule has 2 fully saturated rings. The summed E-state index contributed by atoms with van der Waals surface area (Å²) in [7, 11) is 0. The SMILES string of the molecule is CC.CC.CC1C(C(=O)Nc2ccc(F)c(C(F)(F)F)c2)C2CC[C@H]1C2. The maximum Gasteiger partial charge on any atom is 0.419 e. The minimum atomic E-state index is -4.77. The van der Waals surface area contributed by atoms with Gasteiger partial charge in [-0.25, -0.2) is 4.39 Å². The summed E-state index contributed by atoms with van der Waals surface area (Å²) in [5.74, 6) is -0.625. The summed E-state index contributed by atoms with van der Waals surface area (Å²) < 4.78 is 51.4. The van der Waals surface area contributed by atoms with Crippen LogP contribution < -0.4 is 5.32 Å². The van der Waals surface area contributed by atoms with Gasteiger partial charge in [0.2, 0.25) is 5.91 Å². The van der Waals surface area contributed by atoms with Gasteiger partial charge in [0, 0.05) is 11.6 Å². The molecule has 3 unspecified atom stereocenters. The van der Waals surface area contributed by atoms with Gasteiger partial charge in [-0.3, -0.25) is 4.79 Å². The van der Waals surface area contributed by atoms with Crippen LogP contribution in [0.25, 0.3) is 0 Å². The van der Waals surface area contributed by atoms with E-state index < -0.39 is 17.6 Å². The van der Waals surface area contributed by atoms with Crippen LogP contribution in [-0.4, -0.2) is 5.91 Å². The van der Waals surface area contributed by atoms with Crippen molar-refractivity contribution >= 4 is 11.6 Å². The molecule has 0 heterocycles. The molecule has 2 bridgehead atoms. The van der Waals surface area contributed by atoms with E-state index in [4.69, 9.17) is 0 Å². The lowest BCUT2D eigenvalue weighted by atomic mass is 9.80. The van der Waals surface area contributed by atoms with Crippen LogP contribution in [0.1, 0.15) is 59.4 Å². The Bertz CT molecular complexity index is 598. The van der Waals surface area contributed by atoms with Crippen molar-refractivity contribution in [2.45, 2.75) is 60.1 Å². The third-order valence-corrected chi connectivity index (χ3v) is 5.17. The van der Waals surface area contributed by atoms with Gasteiger partial charge in [0.25, 0.3) is 0 Å². The number of halogens is 4. The summed E-state index contributed by atoms with van der Waals surface area (Å²) in [6, 6.07) is 2.56. The van der Waals surface area contributed by atoms with E-state index in [1.807, 2.05) is 34.6 Å². The first-order valence-electron chi connectivity index (χ1n) is 9.45. The van der Waals surface area contributed by atoms with Crippen molar-refractivity contribution in [1.82, 2.24) is 0 Å². The first-order valence-corrected chi connectivity index (χ1v) is 9.45. The topological polar surface area (TPSA) is 29.1 Å². The molecule has 0 radical (unpaired) electrons. The zero-order valence-electron chi connectivity index (χ0n) is 16.1. The van der Waals surface area contributed by atoms with Crippen LogP contribution in [0.3, 0.4) is 0 Å². The molecule has 0 aliphatic heterocycles. The third kappa shape index (κ3) is 4.77. The minimum absolute atomic E-state index is 0.00583. The van der Waals surface area contributed by atoms with Crippen molar-refractivity contribution < 1.29 is 22.4 Å². The Hall–Kier alpha value is -1.59. The third-order valence-electron chi connectivity index (χ3n) is 5.17. The number of rotatable bonds is 2. The molecule has 4 atom stereocenters. The molecule has 1 N–H and O–H groups in total. The quantitative estimate of drug-likeness (QED) is 0.586. The zero-order valence-corrected chi connectivity index (χ0v) is 16.1. The summed E-state index contributed by atoms with van der Waals surface area (Å²) >= 11 is 0. The summed E-state index contributed by atoms with van der Waals surface area (Å²) in [5, 5.41) is 2.53. The highest BCUT2D eigenvalue weighted by atomic mass is 19.4. The van der Waals surface area contributed by atoms with Gasteiger partial charge in [-0.15, -0.1) is 0 Å². The highest BCUT2D eigenvalue weighted by molar-refractivity contribution is 5.93. The Morgan fingerprint density at radius 2 is 1.65 bits per heavy atom. The molecule has 3 rings (SSSR count). The normalized spacial score (nSPS) is 26.3. The Morgan fingerprint density at radius 1 is 1.08 bits per heavy atom. The number of benzene rings is 1. The van der Waals surface area contributed by atoms with Gasteiger partial charge in [-0.2, -0.15) is 13.2 Å². The number of amides is 1. The second-order valence-corrected chi connectivity index (χ2v) is 6.40. The average molecular weight is 375 g/mol. The Labute approximate surface area is 153 Å². The Morgan fingerprint density at radius 3 is 2.15 bits per heavy atom. The van der Waals surface area contributed by atoms with E-state index in [1.54, 1.807) is 0 Å². The van der Waals surface area contributed by atoms with E-state index in [1.165, 1.54) is 6.07 Å². The summed E-state index contributed by atoms with van der Waals surface area (Å²) in [5.41, 5.74) is -1.36. The van der Waals surface area contributed by atoms with Crippen LogP contribution in [0.15, 0.2) is 18.2 Å². The largest absolute Gasteiger partial charge is 0.419 e. The predicted molar refractivity (Wildman–Crippen MR) is 96.2 cm³/mol. The van der Waals surface area contributed by atoms with E-state index in [0.717, 1.165) is 25.3 Å². The predicted octanol–water partition coefficient (Wildman–Crippen LogP) is 6.52. The van der Waals surface area contributed by atoms with Crippen molar-refractivity contribution in [2.75, 3.05) is 5.32 Å². The fourth-order valence-corrected chi connectivity index (χ4v) is 4.08. The van der Waals surface area contributed by atoms with Crippen LogP contribution in [0, 0.1) is 29.5 Å². The summed E-state index contributed by atoms with van der Waals surface area (Å²) in [4.78, 5) is 12.4. The Balaban J connectivity index is 0.000000791. The average Bonchev–Trinajstić information content (AvgIpc) is 3.20. The maximum absolute atomic E-state index is 13.3. The molecule has 2 saturated carbocycles. The van der Waals surface area contributed by atoms with Gasteiger partial charge in [-0.05, 0) is 55.2 Å². The first-order chi connectivity index (χ1) is 12.3. The van der Waals surface area contributed by atoms with Gasteiger partial charge < -0.3 is 5.32 Å². The van der Waals surface area contributed by atoms with Crippen molar-refractivity contribution in [1.29, 1.82) is 0 Å². The van der Waals surface area contributed by atoms with E-state index in [9.17, 15) is 22.4 Å². The molecule has 26 heavy (non-hydrogen) atoms. The molecule has 148 valence electrons. The van der Waals surface area contributed by atoms with Crippen LogP contribution >= 0.6 is 0 Å². The van der Waals surface area contributed by atoms with Crippen LogP contribution in [0.2, 0.25) is 0 Å². The van der Waals surface area contributed by atoms with Gasteiger partial charge in [0.05, 0.1) is 5.56 Å². The molecule has 0 saturated heterocycles. The number of hydrogen-bond acceptors (Lipinski definition) is 1. The van der Waals surface area contributed by atoms with E-state index in [2.05, 4.69) is 5.32 Å². The lowest BCUT2D eigenvalue weighted by Crippen LogP contribution is -2.32. The molecule has 6 heteroatoms. The number of carbonyl (C=O) groups is 1. The number of nitrogens with one attached hydrogen (secondary N) is 1. The fraction of sp³-hybridized carbons (Fsp3) is 0.650. The maximum atomic E-state index is 13.3. The highest BCUT2D eigenvalue weighted by Gasteiger charge is 2.48. The van der Waals surface area contributed by atoms with E-state index >= 15 is 0 Å². The second-order valence-electron chi connectivity index (χ2n) is 6.40. The van der Waals surface area contributed by atoms with E-state index in [-0.39, 0.29) is 23.4 Å². The van der Waals surface area contributed by atoms with Gasteiger partial charge >= 0.3 is 6.18 Å². The van der Waals surface area contributed by atoms with Crippen molar-refractivity contribution in [3.63, 3.8) is 0 Å². The van der Waals surface area contributed by atoms with Crippen molar-refractivity contribution in [2.24, 2.45) is 23.7 Å². The summed E-state index contributed by atoms with van der Waals surface area (Å²) in [6.07, 6.45) is -1.62. The molecular formula is C20H29F4NO. The smallest absolute Gasteiger partial charge is 0.326 e. The molecule has 1 amide bonds. The molecular weight excluding hydrogens is 346 g/mol. The molecule has 2 aliphatic rings. The fourth-order valence-electron chi connectivity index (χ4n) is 4.08. The molecule has 0 spiro atoms. The van der Waals surface area contributed by atoms with Crippen LogP contribution in [0.5, 0.6) is 0 Å². The molecule has 2 nitrogen and oxygen atoms in total. The number of alkyl halides is 3. The van der Waals surface area contributed by atoms with E-state index in [0.29, 0.717) is 17.9 Å². The van der Waals surface area contributed by atoms with Crippen molar-refractivity contribution in [3.05, 3.63) is 29.6 Å². The lowest BCUT2D eigenvalue weighted by molar-refractivity contribution is -0.140. The molecule has 2 aliphatic carbocycles.